The molecule has 1 aliphatic rings. The number of benzene rings is 2. The maximum absolute atomic E-state index is 9.70. The van der Waals surface area contributed by atoms with Crippen LogP contribution in [0.15, 0.2) is 42.5 Å². The molecule has 2 aromatic carbocycles. The molecule has 1 aliphatic heterocycles. The van der Waals surface area contributed by atoms with Crippen LogP contribution in [0.1, 0.15) is 16.8 Å². The second-order valence-electron chi connectivity index (χ2n) is 5.86. The van der Waals surface area contributed by atoms with Crippen LogP contribution in [0.3, 0.4) is 0 Å². The Kier molecular flexibility index (Phi) is 4.36. The Bertz CT molecular complexity index is 1190. The first kappa shape index (κ1) is 17.5. The van der Waals surface area contributed by atoms with Gasteiger partial charge in [-0.05, 0) is 29.8 Å². The SMILES string of the molecule is N#CC(=Cc1cc2c(cc1Cl)OCO2)c1nn(-c2ccccc2)c(N)c1C#N. The third kappa shape index (κ3) is 2.90. The van der Waals surface area contributed by atoms with E-state index in [1.54, 1.807) is 30.3 Å². The highest BCUT2D eigenvalue weighted by Crippen LogP contribution is 2.38. The lowest BCUT2D eigenvalue weighted by atomic mass is 10.1. The maximum atomic E-state index is 9.70. The quantitative estimate of drug-likeness (QED) is 0.682. The molecule has 136 valence electrons. The first-order valence-electron chi connectivity index (χ1n) is 8.17. The number of nitrogen functional groups attached to an aromatic ring is 1. The zero-order valence-electron chi connectivity index (χ0n) is 14.4. The number of fused-ring (bicyclic) bond motifs is 1. The zero-order chi connectivity index (χ0) is 19.7. The van der Waals surface area contributed by atoms with Crippen LogP contribution in [0, 0.1) is 22.7 Å². The van der Waals surface area contributed by atoms with Crippen LogP contribution < -0.4 is 15.2 Å². The molecule has 0 spiro atoms. The monoisotopic (exact) mass is 389 g/mol. The predicted octanol–water partition coefficient (Wildman–Crippen LogP) is 3.77. The fraction of sp³-hybridized carbons (Fsp3) is 0.0500. The van der Waals surface area contributed by atoms with Crippen molar-refractivity contribution >= 4 is 29.1 Å². The van der Waals surface area contributed by atoms with Gasteiger partial charge in [0.05, 0.1) is 16.3 Å². The summed E-state index contributed by atoms with van der Waals surface area (Å²) in [6.45, 7) is 0.112. The van der Waals surface area contributed by atoms with Crippen molar-refractivity contribution in [2.45, 2.75) is 0 Å². The lowest BCUT2D eigenvalue weighted by Crippen LogP contribution is -2.02. The molecule has 1 aromatic heterocycles. The molecule has 0 saturated carbocycles. The van der Waals surface area contributed by atoms with Crippen LogP contribution in [0.25, 0.3) is 17.3 Å². The van der Waals surface area contributed by atoms with Gasteiger partial charge in [-0.2, -0.15) is 15.6 Å². The predicted molar refractivity (Wildman–Crippen MR) is 104 cm³/mol. The van der Waals surface area contributed by atoms with E-state index in [1.165, 1.54) is 4.68 Å². The van der Waals surface area contributed by atoms with Crippen molar-refractivity contribution in [1.82, 2.24) is 9.78 Å². The molecule has 0 atom stereocenters. The van der Waals surface area contributed by atoms with Crippen molar-refractivity contribution in [2.24, 2.45) is 0 Å². The number of aromatic nitrogens is 2. The van der Waals surface area contributed by atoms with E-state index in [0.29, 0.717) is 27.8 Å². The molecule has 0 bridgehead atoms. The van der Waals surface area contributed by atoms with E-state index in [9.17, 15) is 10.5 Å². The van der Waals surface area contributed by atoms with Gasteiger partial charge in [0.1, 0.15) is 29.2 Å². The van der Waals surface area contributed by atoms with Crippen molar-refractivity contribution in [2.75, 3.05) is 12.5 Å². The maximum Gasteiger partial charge on any atom is 0.231 e. The Morgan fingerprint density at radius 2 is 1.89 bits per heavy atom. The summed E-state index contributed by atoms with van der Waals surface area (Å²) in [5.41, 5.74) is 7.79. The van der Waals surface area contributed by atoms with E-state index in [-0.39, 0.29) is 29.4 Å². The number of nitriles is 2. The van der Waals surface area contributed by atoms with Crippen LogP contribution in [0.5, 0.6) is 11.5 Å². The number of hydrogen-bond acceptors (Lipinski definition) is 6. The molecular formula is C20H12ClN5O2. The number of anilines is 1. The standard InChI is InChI=1S/C20H12ClN5O2/c21-16-8-18-17(27-11-28-18)7-12(16)6-13(9-22)19-15(10-23)20(24)26(25-19)14-4-2-1-3-5-14/h1-8H,11,24H2. The van der Waals surface area contributed by atoms with E-state index in [0.717, 1.165) is 0 Å². The molecule has 2 heterocycles. The third-order valence-electron chi connectivity index (χ3n) is 4.20. The molecule has 4 rings (SSSR count). The fourth-order valence-electron chi connectivity index (χ4n) is 2.85. The van der Waals surface area contributed by atoms with Crippen molar-refractivity contribution < 1.29 is 9.47 Å². The summed E-state index contributed by atoms with van der Waals surface area (Å²) >= 11 is 6.30. The van der Waals surface area contributed by atoms with E-state index >= 15 is 0 Å². The molecule has 3 aromatic rings. The number of ether oxygens (including phenoxy) is 2. The van der Waals surface area contributed by atoms with Crippen LogP contribution in [0.2, 0.25) is 5.02 Å². The average molecular weight is 390 g/mol. The Morgan fingerprint density at radius 3 is 2.57 bits per heavy atom. The second-order valence-corrected chi connectivity index (χ2v) is 6.27. The number of rotatable bonds is 3. The summed E-state index contributed by atoms with van der Waals surface area (Å²) in [6.07, 6.45) is 1.54. The van der Waals surface area contributed by atoms with Gasteiger partial charge in [0.2, 0.25) is 6.79 Å². The third-order valence-corrected chi connectivity index (χ3v) is 4.53. The van der Waals surface area contributed by atoms with Gasteiger partial charge in [0, 0.05) is 6.07 Å². The first-order chi connectivity index (χ1) is 13.6. The molecule has 0 fully saturated rings. The van der Waals surface area contributed by atoms with Crippen LogP contribution in [-0.2, 0) is 0 Å². The smallest absolute Gasteiger partial charge is 0.231 e. The molecule has 28 heavy (non-hydrogen) atoms. The normalized spacial score (nSPS) is 12.5. The number of halogens is 1. The Balaban J connectivity index is 1.85. The molecular weight excluding hydrogens is 378 g/mol. The Hall–Kier alpha value is -3.94. The molecule has 7 nitrogen and oxygen atoms in total. The number of nitrogens with zero attached hydrogens (tertiary/aromatic N) is 4. The molecule has 0 radical (unpaired) electrons. The highest BCUT2D eigenvalue weighted by Gasteiger charge is 2.21. The van der Waals surface area contributed by atoms with E-state index in [2.05, 4.69) is 11.2 Å². The van der Waals surface area contributed by atoms with Gasteiger partial charge < -0.3 is 15.2 Å². The molecule has 0 amide bonds. The van der Waals surface area contributed by atoms with Gasteiger partial charge >= 0.3 is 0 Å². The van der Waals surface area contributed by atoms with Crippen molar-refractivity contribution in [1.29, 1.82) is 10.5 Å². The molecule has 8 heteroatoms. The summed E-state index contributed by atoms with van der Waals surface area (Å²) in [4.78, 5) is 0. The van der Waals surface area contributed by atoms with Crippen LogP contribution in [0.4, 0.5) is 5.82 Å². The number of hydrogen-bond donors (Lipinski definition) is 1. The van der Waals surface area contributed by atoms with Gasteiger partial charge in [0.25, 0.3) is 0 Å². The largest absolute Gasteiger partial charge is 0.454 e. The summed E-state index contributed by atoms with van der Waals surface area (Å²) < 4.78 is 12.1. The van der Waals surface area contributed by atoms with Crippen LogP contribution in [-0.4, -0.2) is 16.6 Å². The van der Waals surface area contributed by atoms with Gasteiger partial charge in [-0.1, -0.05) is 29.8 Å². The van der Waals surface area contributed by atoms with Crippen molar-refractivity contribution in [3.05, 3.63) is 64.3 Å². The average Bonchev–Trinajstić information content (AvgIpc) is 3.30. The molecule has 0 aliphatic carbocycles. The molecule has 0 saturated heterocycles. The molecule has 2 N–H and O–H groups in total. The second kappa shape index (κ2) is 6.99. The van der Waals surface area contributed by atoms with E-state index < -0.39 is 0 Å². The Labute approximate surface area is 165 Å². The summed E-state index contributed by atoms with van der Waals surface area (Å²) in [7, 11) is 0. The van der Waals surface area contributed by atoms with E-state index in [4.69, 9.17) is 26.8 Å². The number of para-hydroxylation sites is 1. The zero-order valence-corrected chi connectivity index (χ0v) is 15.1. The van der Waals surface area contributed by atoms with Gasteiger partial charge in [-0.25, -0.2) is 4.68 Å². The lowest BCUT2D eigenvalue weighted by Gasteiger charge is -2.03. The highest BCUT2D eigenvalue weighted by molar-refractivity contribution is 6.32. The minimum Gasteiger partial charge on any atom is -0.454 e. The number of nitrogens with two attached hydrogens (primary N) is 1. The van der Waals surface area contributed by atoms with Crippen molar-refractivity contribution in [3.63, 3.8) is 0 Å². The summed E-state index contributed by atoms with van der Waals surface area (Å²) in [6, 6.07) is 16.5. The van der Waals surface area contributed by atoms with Gasteiger partial charge in [-0.3, -0.25) is 0 Å². The minimum atomic E-state index is 0.112. The first-order valence-corrected chi connectivity index (χ1v) is 8.55. The topological polar surface area (TPSA) is 110 Å². The fourth-order valence-corrected chi connectivity index (χ4v) is 3.06. The summed E-state index contributed by atoms with van der Waals surface area (Å²) in [5.74, 6) is 1.22. The van der Waals surface area contributed by atoms with Crippen LogP contribution >= 0.6 is 11.6 Å². The van der Waals surface area contributed by atoms with Gasteiger partial charge in [0.15, 0.2) is 11.5 Å². The summed E-state index contributed by atoms with van der Waals surface area (Å²) in [5, 5.41) is 24.0. The van der Waals surface area contributed by atoms with Gasteiger partial charge in [-0.15, -0.1) is 0 Å². The minimum absolute atomic E-state index is 0.112. The number of allylic oxidation sites excluding steroid dienone is 1. The highest BCUT2D eigenvalue weighted by atomic mass is 35.5. The van der Waals surface area contributed by atoms with Crippen molar-refractivity contribution in [3.8, 4) is 29.3 Å². The lowest BCUT2D eigenvalue weighted by molar-refractivity contribution is 0.174. The molecule has 0 unspecified atom stereocenters. The Morgan fingerprint density at radius 1 is 1.18 bits per heavy atom. The van der Waals surface area contributed by atoms with E-state index in [1.807, 2.05) is 24.3 Å².